The number of nitrogens with zero attached hydrogens (tertiary/aromatic N) is 3. The molecule has 126 valence electrons. The lowest BCUT2D eigenvalue weighted by atomic mass is 10.1. The van der Waals surface area contributed by atoms with E-state index in [2.05, 4.69) is 34.3 Å². The summed E-state index contributed by atoms with van der Waals surface area (Å²) in [5.74, 6) is 0.780. The smallest absolute Gasteiger partial charge is 0.277 e. The van der Waals surface area contributed by atoms with Crippen molar-refractivity contribution in [3.8, 4) is 10.8 Å². The lowest BCUT2D eigenvalue weighted by molar-refractivity contribution is 0.102. The number of nitrogens with one attached hydrogen (secondary N) is 1. The largest absolute Gasteiger partial charge is 0.462 e. The van der Waals surface area contributed by atoms with Crippen LogP contribution in [0, 0.1) is 6.92 Å². The zero-order chi connectivity index (χ0) is 17.1. The van der Waals surface area contributed by atoms with Gasteiger partial charge in [0.2, 0.25) is 5.13 Å². The molecule has 0 saturated carbocycles. The lowest BCUT2D eigenvalue weighted by Crippen LogP contribution is -2.13. The summed E-state index contributed by atoms with van der Waals surface area (Å²) >= 11 is 2.86. The van der Waals surface area contributed by atoms with Crippen molar-refractivity contribution < 1.29 is 9.21 Å². The minimum absolute atomic E-state index is 0.270. The Bertz CT molecular complexity index is 819. The lowest BCUT2D eigenvalue weighted by Gasteiger charge is -2.05. The van der Waals surface area contributed by atoms with E-state index >= 15 is 0 Å². The molecule has 3 heterocycles. The fourth-order valence-corrected chi connectivity index (χ4v) is 4.24. The summed E-state index contributed by atoms with van der Waals surface area (Å²) in [7, 11) is 0. The first kappa shape index (κ1) is 16.8. The van der Waals surface area contributed by atoms with Gasteiger partial charge in [0.05, 0.1) is 6.26 Å². The summed E-state index contributed by atoms with van der Waals surface area (Å²) in [5.41, 5.74) is 0.394. The number of amides is 1. The molecular formula is C16H18N4O2S2. The molecular weight excluding hydrogens is 344 g/mol. The van der Waals surface area contributed by atoms with Crippen LogP contribution in [0.4, 0.5) is 5.13 Å². The van der Waals surface area contributed by atoms with Crippen LogP contribution in [0.15, 0.2) is 22.8 Å². The molecule has 0 atom stereocenters. The van der Waals surface area contributed by atoms with Crippen LogP contribution in [0.3, 0.4) is 0 Å². The molecule has 0 unspecified atom stereocenters. The Hall–Kier alpha value is -2.06. The molecule has 1 N–H and O–H groups in total. The molecule has 0 aliphatic heterocycles. The fourth-order valence-electron chi connectivity index (χ4n) is 2.36. The first-order chi connectivity index (χ1) is 11.6. The summed E-state index contributed by atoms with van der Waals surface area (Å²) in [4.78, 5) is 17.7. The van der Waals surface area contributed by atoms with Gasteiger partial charge in [0.25, 0.3) is 5.91 Å². The summed E-state index contributed by atoms with van der Waals surface area (Å²) < 4.78 is 5.34. The van der Waals surface area contributed by atoms with Crippen molar-refractivity contribution >= 4 is 33.7 Å². The van der Waals surface area contributed by atoms with Gasteiger partial charge in [-0.1, -0.05) is 25.2 Å². The number of carbonyl (C=O) groups is 1. The van der Waals surface area contributed by atoms with E-state index in [1.165, 1.54) is 22.7 Å². The summed E-state index contributed by atoms with van der Waals surface area (Å²) in [6.07, 6.45) is 3.61. The van der Waals surface area contributed by atoms with E-state index in [4.69, 9.17) is 4.42 Å². The van der Waals surface area contributed by atoms with Gasteiger partial charge in [-0.2, -0.15) is 0 Å². The number of carbonyl (C=O) groups excluding carboxylic acids is 1. The summed E-state index contributed by atoms with van der Waals surface area (Å²) in [6.45, 7) is 6.12. The third-order valence-electron chi connectivity index (χ3n) is 3.74. The molecule has 3 aromatic rings. The van der Waals surface area contributed by atoms with Gasteiger partial charge in [-0.05, 0) is 31.9 Å². The first-order valence-corrected chi connectivity index (χ1v) is 9.41. The Labute approximate surface area is 148 Å². The average Bonchev–Trinajstić information content (AvgIpc) is 3.29. The van der Waals surface area contributed by atoms with E-state index in [1.807, 2.05) is 13.0 Å². The number of aromatic nitrogens is 3. The number of aryl methyl sites for hydroxylation is 1. The Morgan fingerprint density at radius 2 is 2.08 bits per heavy atom. The number of hydrogen-bond acceptors (Lipinski definition) is 7. The van der Waals surface area contributed by atoms with Crippen LogP contribution in [-0.2, 0) is 0 Å². The second-order valence-electron chi connectivity index (χ2n) is 5.31. The molecule has 8 heteroatoms. The summed E-state index contributed by atoms with van der Waals surface area (Å²) in [6, 6.07) is 3.62. The molecule has 0 spiro atoms. The molecule has 3 aromatic heterocycles. The maximum absolute atomic E-state index is 12.5. The fraction of sp³-hybridized carbons (Fsp3) is 0.375. The van der Waals surface area contributed by atoms with Crippen molar-refractivity contribution in [2.75, 3.05) is 5.32 Å². The predicted molar refractivity (Wildman–Crippen MR) is 95.7 cm³/mol. The normalized spacial score (nSPS) is 11.2. The molecule has 0 saturated heterocycles. The van der Waals surface area contributed by atoms with Crippen LogP contribution in [0.2, 0.25) is 0 Å². The van der Waals surface area contributed by atoms with Gasteiger partial charge in [0.15, 0.2) is 10.8 Å². The monoisotopic (exact) mass is 362 g/mol. The van der Waals surface area contributed by atoms with E-state index in [0.717, 1.165) is 22.7 Å². The van der Waals surface area contributed by atoms with Crippen molar-refractivity contribution in [2.24, 2.45) is 0 Å². The molecule has 24 heavy (non-hydrogen) atoms. The Balaban J connectivity index is 1.76. The maximum atomic E-state index is 12.5. The maximum Gasteiger partial charge on any atom is 0.277 e. The number of furan rings is 1. The Morgan fingerprint density at radius 3 is 2.75 bits per heavy atom. The number of rotatable bonds is 6. The zero-order valence-electron chi connectivity index (χ0n) is 13.7. The topological polar surface area (TPSA) is 80.9 Å². The molecule has 0 radical (unpaired) electrons. The van der Waals surface area contributed by atoms with Crippen molar-refractivity contribution in [2.45, 2.75) is 39.5 Å². The van der Waals surface area contributed by atoms with Crippen LogP contribution in [0.5, 0.6) is 0 Å². The number of hydrogen-bond donors (Lipinski definition) is 1. The third kappa shape index (κ3) is 3.39. The highest BCUT2D eigenvalue weighted by atomic mass is 32.1. The molecule has 0 aromatic carbocycles. The minimum atomic E-state index is -0.270. The van der Waals surface area contributed by atoms with E-state index in [0.29, 0.717) is 27.5 Å². The van der Waals surface area contributed by atoms with Gasteiger partial charge in [0, 0.05) is 10.8 Å². The van der Waals surface area contributed by atoms with Gasteiger partial charge < -0.3 is 4.42 Å². The van der Waals surface area contributed by atoms with Crippen LogP contribution in [0.1, 0.15) is 53.0 Å². The van der Waals surface area contributed by atoms with Crippen molar-refractivity contribution in [1.82, 2.24) is 15.2 Å². The third-order valence-corrected chi connectivity index (χ3v) is 5.73. The Morgan fingerprint density at radius 1 is 1.29 bits per heavy atom. The van der Waals surface area contributed by atoms with Crippen molar-refractivity contribution in [3.05, 3.63) is 34.0 Å². The highest BCUT2D eigenvalue weighted by Gasteiger charge is 2.20. The quantitative estimate of drug-likeness (QED) is 0.686. The highest BCUT2D eigenvalue weighted by Crippen LogP contribution is 2.30. The van der Waals surface area contributed by atoms with Gasteiger partial charge in [0.1, 0.15) is 10.7 Å². The summed E-state index contributed by atoms with van der Waals surface area (Å²) in [5, 5.41) is 13.2. The second-order valence-corrected chi connectivity index (χ2v) is 7.53. The highest BCUT2D eigenvalue weighted by molar-refractivity contribution is 7.16. The van der Waals surface area contributed by atoms with Crippen molar-refractivity contribution in [3.63, 3.8) is 0 Å². The molecule has 0 aliphatic carbocycles. The molecule has 6 nitrogen and oxygen atoms in total. The SMILES string of the molecule is CCC(CC)c1nnc(NC(=O)c2nc(-c3ccco3)sc2C)s1. The van der Waals surface area contributed by atoms with Crippen LogP contribution in [-0.4, -0.2) is 21.1 Å². The molecule has 0 fully saturated rings. The molecule has 3 rings (SSSR count). The standard InChI is InChI=1S/C16H18N4O2S2/c1-4-10(5-2)14-19-20-16(24-14)18-13(21)12-9(3)23-15(17-12)11-7-6-8-22-11/h6-8,10H,4-5H2,1-3H3,(H,18,20,21). The van der Waals surface area contributed by atoms with Crippen molar-refractivity contribution in [1.29, 1.82) is 0 Å². The van der Waals surface area contributed by atoms with Crippen LogP contribution < -0.4 is 5.32 Å². The Kier molecular flexibility index (Phi) is 5.06. The van der Waals surface area contributed by atoms with Gasteiger partial charge in [-0.25, -0.2) is 4.98 Å². The van der Waals surface area contributed by atoms with Crippen LogP contribution in [0.25, 0.3) is 10.8 Å². The van der Waals surface area contributed by atoms with E-state index in [9.17, 15) is 4.79 Å². The number of anilines is 1. The molecule has 0 bridgehead atoms. The minimum Gasteiger partial charge on any atom is -0.462 e. The second kappa shape index (κ2) is 7.23. The average molecular weight is 362 g/mol. The van der Waals surface area contributed by atoms with Gasteiger partial charge in [-0.3, -0.25) is 10.1 Å². The first-order valence-electron chi connectivity index (χ1n) is 7.78. The zero-order valence-corrected chi connectivity index (χ0v) is 15.3. The predicted octanol–water partition coefficient (Wildman–Crippen LogP) is 4.72. The van der Waals surface area contributed by atoms with E-state index in [-0.39, 0.29) is 5.91 Å². The van der Waals surface area contributed by atoms with E-state index in [1.54, 1.807) is 12.3 Å². The van der Waals surface area contributed by atoms with Gasteiger partial charge in [-0.15, -0.1) is 21.5 Å². The number of thiazole rings is 1. The molecule has 1 amide bonds. The van der Waals surface area contributed by atoms with Crippen LogP contribution >= 0.6 is 22.7 Å². The van der Waals surface area contributed by atoms with Gasteiger partial charge >= 0.3 is 0 Å². The molecule has 0 aliphatic rings. The van der Waals surface area contributed by atoms with E-state index < -0.39 is 0 Å².